The van der Waals surface area contributed by atoms with Crippen molar-refractivity contribution in [3.05, 3.63) is 47.1 Å². The predicted molar refractivity (Wildman–Crippen MR) is 63.3 cm³/mol. The molecule has 0 saturated heterocycles. The lowest BCUT2D eigenvalue weighted by atomic mass is 10.1. The van der Waals surface area contributed by atoms with Gasteiger partial charge >= 0.3 is 0 Å². The van der Waals surface area contributed by atoms with Gasteiger partial charge in [0.2, 0.25) is 5.89 Å². The molecule has 0 aliphatic heterocycles. The van der Waals surface area contributed by atoms with Crippen LogP contribution in [0.15, 0.2) is 22.7 Å². The van der Waals surface area contributed by atoms with Crippen molar-refractivity contribution >= 4 is 0 Å². The van der Waals surface area contributed by atoms with Crippen LogP contribution in [0.3, 0.4) is 0 Å². The normalized spacial score (nSPS) is 14.8. The van der Waals surface area contributed by atoms with Crippen LogP contribution in [0, 0.1) is 11.6 Å². The quantitative estimate of drug-likeness (QED) is 0.900. The van der Waals surface area contributed by atoms with Crippen molar-refractivity contribution in [3.8, 4) is 0 Å². The van der Waals surface area contributed by atoms with E-state index in [-0.39, 0.29) is 17.9 Å². The minimum Gasteiger partial charge on any atom is -0.339 e. The fourth-order valence-corrected chi connectivity index (χ4v) is 1.81. The molecule has 19 heavy (non-hydrogen) atoms. The summed E-state index contributed by atoms with van der Waals surface area (Å²) in [6.07, 6.45) is 2.31. The zero-order chi connectivity index (χ0) is 13.2. The van der Waals surface area contributed by atoms with Crippen molar-refractivity contribution in [1.82, 2.24) is 15.5 Å². The first kappa shape index (κ1) is 12.2. The first-order chi connectivity index (χ1) is 9.22. The van der Waals surface area contributed by atoms with E-state index >= 15 is 0 Å². The third kappa shape index (κ3) is 2.96. The Morgan fingerprint density at radius 2 is 2.00 bits per heavy atom. The van der Waals surface area contributed by atoms with E-state index in [0.29, 0.717) is 18.4 Å². The van der Waals surface area contributed by atoms with Gasteiger partial charge in [0.1, 0.15) is 11.6 Å². The molecule has 1 aromatic carbocycles. The number of halogens is 2. The molecule has 1 heterocycles. The Morgan fingerprint density at radius 1 is 1.26 bits per heavy atom. The van der Waals surface area contributed by atoms with Gasteiger partial charge < -0.3 is 9.84 Å². The van der Waals surface area contributed by atoms with E-state index in [1.807, 2.05) is 0 Å². The largest absolute Gasteiger partial charge is 0.339 e. The Kier molecular flexibility index (Phi) is 3.25. The third-order valence-electron chi connectivity index (χ3n) is 3.03. The second kappa shape index (κ2) is 5.05. The second-order valence-electron chi connectivity index (χ2n) is 4.64. The van der Waals surface area contributed by atoms with Crippen LogP contribution in [0.5, 0.6) is 0 Å². The SMILES string of the molecule is Fc1cccc(F)c1Cc1nc(CNC2CC2)no1. The van der Waals surface area contributed by atoms with Gasteiger partial charge in [-0.05, 0) is 25.0 Å². The maximum absolute atomic E-state index is 13.5. The van der Waals surface area contributed by atoms with Crippen LogP contribution in [-0.4, -0.2) is 16.2 Å². The van der Waals surface area contributed by atoms with Gasteiger partial charge in [0.05, 0.1) is 13.0 Å². The molecule has 6 heteroatoms. The number of rotatable bonds is 5. The zero-order valence-electron chi connectivity index (χ0n) is 10.2. The Labute approximate surface area is 108 Å². The highest BCUT2D eigenvalue weighted by Crippen LogP contribution is 2.19. The molecule has 1 saturated carbocycles. The Bertz CT molecular complexity index is 561. The molecule has 3 rings (SSSR count). The molecule has 0 spiro atoms. The summed E-state index contributed by atoms with van der Waals surface area (Å²) in [5.74, 6) is -0.470. The smallest absolute Gasteiger partial charge is 0.231 e. The fourth-order valence-electron chi connectivity index (χ4n) is 1.81. The summed E-state index contributed by atoms with van der Waals surface area (Å²) in [5.41, 5.74) is -0.0483. The Balaban J connectivity index is 1.68. The van der Waals surface area contributed by atoms with Crippen LogP contribution in [0.2, 0.25) is 0 Å². The van der Waals surface area contributed by atoms with Gasteiger partial charge in [0.25, 0.3) is 0 Å². The van der Waals surface area contributed by atoms with Crippen molar-refractivity contribution < 1.29 is 13.3 Å². The second-order valence-corrected chi connectivity index (χ2v) is 4.64. The summed E-state index contributed by atoms with van der Waals surface area (Å²) in [5, 5.41) is 7.02. The summed E-state index contributed by atoms with van der Waals surface area (Å²) >= 11 is 0. The summed E-state index contributed by atoms with van der Waals surface area (Å²) in [7, 11) is 0. The van der Waals surface area contributed by atoms with Crippen molar-refractivity contribution in [2.45, 2.75) is 31.8 Å². The fraction of sp³-hybridized carbons (Fsp3) is 0.385. The predicted octanol–water partition coefficient (Wildman–Crippen LogP) is 2.19. The molecule has 0 unspecified atom stereocenters. The number of nitrogens with zero attached hydrogens (tertiary/aromatic N) is 2. The molecule has 100 valence electrons. The molecule has 0 bridgehead atoms. The summed E-state index contributed by atoms with van der Waals surface area (Å²) in [6, 6.07) is 4.30. The van der Waals surface area contributed by atoms with Gasteiger partial charge in [-0.1, -0.05) is 11.2 Å². The van der Waals surface area contributed by atoms with Crippen molar-refractivity contribution in [1.29, 1.82) is 0 Å². The molecule has 0 radical (unpaired) electrons. The molecule has 1 fully saturated rings. The first-order valence-corrected chi connectivity index (χ1v) is 6.20. The molecular formula is C13H13F2N3O. The lowest BCUT2D eigenvalue weighted by Crippen LogP contribution is -2.16. The van der Waals surface area contributed by atoms with Crippen molar-refractivity contribution in [3.63, 3.8) is 0 Å². The summed E-state index contributed by atoms with van der Waals surface area (Å²) in [4.78, 5) is 4.11. The van der Waals surface area contributed by atoms with Crippen LogP contribution in [0.1, 0.15) is 30.1 Å². The number of hydrogen-bond donors (Lipinski definition) is 1. The molecule has 1 N–H and O–H groups in total. The maximum Gasteiger partial charge on any atom is 0.231 e. The average Bonchev–Trinajstić information content (AvgIpc) is 3.11. The highest BCUT2D eigenvalue weighted by atomic mass is 19.1. The van der Waals surface area contributed by atoms with Gasteiger partial charge in [-0.3, -0.25) is 0 Å². The van der Waals surface area contributed by atoms with E-state index in [1.54, 1.807) is 0 Å². The monoisotopic (exact) mass is 265 g/mol. The molecular weight excluding hydrogens is 252 g/mol. The van der Waals surface area contributed by atoms with Gasteiger partial charge in [-0.15, -0.1) is 0 Å². The van der Waals surface area contributed by atoms with Crippen LogP contribution in [0.25, 0.3) is 0 Å². The minimum absolute atomic E-state index is 0.0328. The van der Waals surface area contributed by atoms with E-state index < -0.39 is 11.6 Å². The first-order valence-electron chi connectivity index (χ1n) is 6.20. The van der Waals surface area contributed by atoms with Crippen LogP contribution < -0.4 is 5.32 Å². The maximum atomic E-state index is 13.5. The molecule has 1 aliphatic carbocycles. The summed E-state index contributed by atoms with van der Waals surface area (Å²) in [6.45, 7) is 0.522. The lowest BCUT2D eigenvalue weighted by molar-refractivity contribution is 0.374. The van der Waals surface area contributed by atoms with E-state index in [4.69, 9.17) is 4.52 Å². The highest BCUT2D eigenvalue weighted by molar-refractivity contribution is 5.22. The van der Waals surface area contributed by atoms with Gasteiger partial charge in [0.15, 0.2) is 5.82 Å². The molecule has 0 amide bonds. The lowest BCUT2D eigenvalue weighted by Gasteiger charge is -2.00. The van der Waals surface area contributed by atoms with Crippen molar-refractivity contribution in [2.75, 3.05) is 0 Å². The Morgan fingerprint density at radius 3 is 2.68 bits per heavy atom. The molecule has 0 atom stereocenters. The van der Waals surface area contributed by atoms with Crippen LogP contribution in [0.4, 0.5) is 8.78 Å². The van der Waals surface area contributed by atoms with Crippen LogP contribution >= 0.6 is 0 Å². The van der Waals surface area contributed by atoms with Gasteiger partial charge in [-0.25, -0.2) is 8.78 Å². The van der Waals surface area contributed by atoms with Crippen molar-refractivity contribution in [2.24, 2.45) is 0 Å². The highest BCUT2D eigenvalue weighted by Gasteiger charge is 2.21. The minimum atomic E-state index is -0.601. The number of benzene rings is 1. The molecule has 4 nitrogen and oxygen atoms in total. The van der Waals surface area contributed by atoms with E-state index in [2.05, 4.69) is 15.5 Å². The average molecular weight is 265 g/mol. The number of nitrogens with one attached hydrogen (secondary N) is 1. The van der Waals surface area contributed by atoms with Crippen LogP contribution in [-0.2, 0) is 13.0 Å². The Hall–Kier alpha value is -1.82. The topological polar surface area (TPSA) is 51.0 Å². The number of hydrogen-bond acceptors (Lipinski definition) is 4. The van der Waals surface area contributed by atoms with E-state index in [9.17, 15) is 8.78 Å². The molecule has 1 aromatic heterocycles. The van der Waals surface area contributed by atoms with E-state index in [1.165, 1.54) is 31.0 Å². The molecule has 1 aliphatic rings. The summed E-state index contributed by atoms with van der Waals surface area (Å²) < 4.78 is 31.9. The molecule has 2 aromatic rings. The third-order valence-corrected chi connectivity index (χ3v) is 3.03. The zero-order valence-corrected chi connectivity index (χ0v) is 10.2. The standard InChI is InChI=1S/C13H13F2N3O/c14-10-2-1-3-11(15)9(10)6-13-17-12(18-19-13)7-16-8-4-5-8/h1-3,8,16H,4-7H2. The number of aromatic nitrogens is 2. The van der Waals surface area contributed by atoms with E-state index in [0.717, 1.165) is 0 Å². The van der Waals surface area contributed by atoms with Gasteiger partial charge in [0, 0.05) is 11.6 Å². The van der Waals surface area contributed by atoms with Gasteiger partial charge in [-0.2, -0.15) is 4.98 Å².